The van der Waals surface area contributed by atoms with Crippen molar-refractivity contribution < 1.29 is 0 Å². The second-order valence-electron chi connectivity index (χ2n) is 5.61. The smallest absolute Gasteiger partial charge is 0.0772 e. The summed E-state index contributed by atoms with van der Waals surface area (Å²) in [5.74, 6) is 0. The van der Waals surface area contributed by atoms with Gasteiger partial charge in [-0.3, -0.25) is 0 Å². The third-order valence-corrected chi connectivity index (χ3v) is 4.41. The van der Waals surface area contributed by atoms with Gasteiger partial charge in [0.1, 0.15) is 0 Å². The van der Waals surface area contributed by atoms with E-state index in [1.807, 2.05) is 0 Å². The number of likely N-dealkylation sites (N-methyl/N-ethyl adjacent to an activating group) is 1. The number of halogens is 1. The maximum atomic E-state index is 6.39. The Labute approximate surface area is 108 Å². The fourth-order valence-corrected chi connectivity index (χ4v) is 3.64. The molecule has 0 bridgehead atoms. The summed E-state index contributed by atoms with van der Waals surface area (Å²) in [7, 11) is 2.18. The van der Waals surface area contributed by atoms with Crippen LogP contribution in [0.5, 0.6) is 0 Å². The highest BCUT2D eigenvalue weighted by Gasteiger charge is 2.39. The molecule has 2 aliphatic rings. The molecule has 0 amide bonds. The maximum Gasteiger partial charge on any atom is 0.0772 e. The fourth-order valence-electron chi connectivity index (χ4n) is 3.33. The van der Waals surface area contributed by atoms with Crippen LogP contribution in [0, 0.1) is 6.92 Å². The van der Waals surface area contributed by atoms with E-state index in [0.717, 1.165) is 17.3 Å². The van der Waals surface area contributed by atoms with E-state index in [2.05, 4.69) is 36.3 Å². The van der Waals surface area contributed by atoms with Crippen molar-refractivity contribution >= 4 is 23.0 Å². The molecule has 0 saturated heterocycles. The molecule has 0 aromatic heterocycles. The van der Waals surface area contributed by atoms with E-state index in [4.69, 9.17) is 11.6 Å². The molecule has 92 valence electrons. The van der Waals surface area contributed by atoms with Crippen LogP contribution in [-0.2, 0) is 0 Å². The summed E-state index contributed by atoms with van der Waals surface area (Å²) in [6.45, 7) is 3.19. The van der Waals surface area contributed by atoms with Crippen molar-refractivity contribution in [2.45, 2.75) is 38.1 Å². The molecule has 1 aromatic rings. The van der Waals surface area contributed by atoms with Crippen molar-refractivity contribution in [1.29, 1.82) is 0 Å². The minimum Gasteiger partial charge on any atom is -0.375 e. The van der Waals surface area contributed by atoms with Gasteiger partial charge in [-0.1, -0.05) is 24.4 Å². The lowest BCUT2D eigenvalue weighted by Crippen LogP contribution is -2.49. The molecule has 1 saturated carbocycles. The zero-order valence-corrected chi connectivity index (χ0v) is 11.3. The predicted molar refractivity (Wildman–Crippen MR) is 74.3 cm³/mol. The van der Waals surface area contributed by atoms with Gasteiger partial charge in [-0.2, -0.15) is 0 Å². The Kier molecular flexibility index (Phi) is 2.51. The monoisotopic (exact) mass is 250 g/mol. The number of nitrogens with zero attached hydrogens (tertiary/aromatic N) is 1. The third kappa shape index (κ3) is 1.79. The molecular weight excluding hydrogens is 232 g/mol. The van der Waals surface area contributed by atoms with Crippen molar-refractivity contribution in [2.75, 3.05) is 23.8 Å². The number of rotatable bonds is 0. The first-order chi connectivity index (χ1) is 8.10. The molecule has 1 aliphatic carbocycles. The summed E-state index contributed by atoms with van der Waals surface area (Å²) < 4.78 is 0. The van der Waals surface area contributed by atoms with Gasteiger partial charge in [0.15, 0.2) is 0 Å². The van der Waals surface area contributed by atoms with E-state index in [1.54, 1.807) is 0 Å². The highest BCUT2D eigenvalue weighted by Crippen LogP contribution is 2.44. The van der Waals surface area contributed by atoms with Crippen LogP contribution >= 0.6 is 11.6 Å². The summed E-state index contributed by atoms with van der Waals surface area (Å²) in [5.41, 5.74) is 3.87. The third-order valence-electron chi connectivity index (χ3n) is 4.12. The number of fused-ring (bicyclic) bond motifs is 1. The maximum absolute atomic E-state index is 6.39. The summed E-state index contributed by atoms with van der Waals surface area (Å²) in [6, 6.07) is 4.27. The molecule has 1 aliphatic heterocycles. The van der Waals surface area contributed by atoms with E-state index in [0.29, 0.717) is 0 Å². The summed E-state index contributed by atoms with van der Waals surface area (Å²) in [6.07, 6.45) is 5.20. The van der Waals surface area contributed by atoms with Crippen LogP contribution in [0.15, 0.2) is 12.1 Å². The zero-order chi connectivity index (χ0) is 12.0. The van der Waals surface area contributed by atoms with Crippen LogP contribution in [-0.4, -0.2) is 19.1 Å². The van der Waals surface area contributed by atoms with Gasteiger partial charge >= 0.3 is 0 Å². The number of hydrogen-bond donors (Lipinski definition) is 1. The molecule has 0 unspecified atom stereocenters. The van der Waals surface area contributed by atoms with Gasteiger partial charge in [-0.15, -0.1) is 0 Å². The van der Waals surface area contributed by atoms with E-state index in [-0.39, 0.29) is 5.54 Å². The van der Waals surface area contributed by atoms with Crippen molar-refractivity contribution in [1.82, 2.24) is 0 Å². The molecule has 1 aromatic carbocycles. The minimum atomic E-state index is 0.265. The molecule has 17 heavy (non-hydrogen) atoms. The Morgan fingerprint density at radius 3 is 2.71 bits per heavy atom. The topological polar surface area (TPSA) is 15.3 Å². The van der Waals surface area contributed by atoms with E-state index in [1.165, 1.54) is 36.9 Å². The number of nitrogens with one attached hydrogen (secondary N) is 1. The van der Waals surface area contributed by atoms with Crippen LogP contribution in [0.3, 0.4) is 0 Å². The van der Waals surface area contributed by atoms with Crippen LogP contribution in [0.25, 0.3) is 0 Å². The van der Waals surface area contributed by atoms with Gasteiger partial charge in [-0.05, 0) is 37.5 Å². The van der Waals surface area contributed by atoms with Crippen LogP contribution in [0.4, 0.5) is 11.4 Å². The Hall–Kier alpha value is -0.890. The highest BCUT2D eigenvalue weighted by atomic mass is 35.5. The average molecular weight is 251 g/mol. The Balaban J connectivity index is 2.06. The summed E-state index contributed by atoms with van der Waals surface area (Å²) >= 11 is 6.39. The first-order valence-corrected chi connectivity index (χ1v) is 6.77. The molecule has 1 fully saturated rings. The van der Waals surface area contributed by atoms with Crippen molar-refractivity contribution in [3.05, 3.63) is 22.7 Å². The first-order valence-electron chi connectivity index (χ1n) is 6.39. The molecule has 1 N–H and O–H groups in total. The molecule has 3 heteroatoms. The Bertz CT molecular complexity index is 450. The minimum absolute atomic E-state index is 0.265. The van der Waals surface area contributed by atoms with Gasteiger partial charge < -0.3 is 10.2 Å². The van der Waals surface area contributed by atoms with Gasteiger partial charge in [0.05, 0.1) is 21.9 Å². The lowest BCUT2D eigenvalue weighted by molar-refractivity contribution is 0.472. The van der Waals surface area contributed by atoms with E-state index in [9.17, 15) is 0 Å². The largest absolute Gasteiger partial charge is 0.375 e. The second kappa shape index (κ2) is 3.81. The van der Waals surface area contributed by atoms with Crippen molar-refractivity contribution in [3.63, 3.8) is 0 Å². The van der Waals surface area contributed by atoms with Crippen LogP contribution in [0.1, 0.15) is 31.2 Å². The Morgan fingerprint density at radius 2 is 2.00 bits per heavy atom. The molecule has 1 heterocycles. The predicted octanol–water partition coefficient (Wildman–Crippen LogP) is 3.82. The van der Waals surface area contributed by atoms with Crippen LogP contribution in [0.2, 0.25) is 5.02 Å². The van der Waals surface area contributed by atoms with Crippen molar-refractivity contribution in [3.8, 4) is 0 Å². The Morgan fingerprint density at radius 1 is 1.29 bits per heavy atom. The standard InChI is InChI=1S/C14H19ClN2/c1-10-7-11(15)13-12(8-10)17(2)9-14(16-13)5-3-4-6-14/h7-8,16H,3-6,9H2,1-2H3. The molecule has 0 radical (unpaired) electrons. The lowest BCUT2D eigenvalue weighted by Gasteiger charge is -2.43. The second-order valence-corrected chi connectivity index (χ2v) is 6.02. The SMILES string of the molecule is Cc1cc(Cl)c2c(c1)N(C)CC1(CCCC1)N2. The average Bonchev–Trinajstić information content (AvgIpc) is 2.69. The quantitative estimate of drug-likeness (QED) is 0.753. The molecule has 3 rings (SSSR count). The number of aryl methyl sites for hydroxylation is 1. The fraction of sp³-hybridized carbons (Fsp3) is 0.571. The normalized spacial score (nSPS) is 21.5. The van der Waals surface area contributed by atoms with Gasteiger partial charge in [-0.25, -0.2) is 0 Å². The number of benzene rings is 1. The van der Waals surface area contributed by atoms with Gasteiger partial charge in [0, 0.05) is 13.6 Å². The highest BCUT2D eigenvalue weighted by molar-refractivity contribution is 6.34. The summed E-state index contributed by atoms with van der Waals surface area (Å²) in [5, 5.41) is 4.58. The molecule has 0 atom stereocenters. The number of hydrogen-bond acceptors (Lipinski definition) is 2. The first kappa shape index (κ1) is 11.2. The zero-order valence-electron chi connectivity index (χ0n) is 10.5. The van der Waals surface area contributed by atoms with E-state index >= 15 is 0 Å². The molecule has 1 spiro atoms. The molecular formula is C14H19ClN2. The summed E-state index contributed by atoms with van der Waals surface area (Å²) in [4.78, 5) is 2.36. The van der Waals surface area contributed by atoms with Gasteiger partial charge in [0.25, 0.3) is 0 Å². The van der Waals surface area contributed by atoms with Crippen molar-refractivity contribution in [2.24, 2.45) is 0 Å². The van der Waals surface area contributed by atoms with E-state index < -0.39 is 0 Å². The lowest BCUT2D eigenvalue weighted by atomic mass is 9.93. The van der Waals surface area contributed by atoms with Gasteiger partial charge in [0.2, 0.25) is 0 Å². The number of anilines is 2. The van der Waals surface area contributed by atoms with Crippen LogP contribution < -0.4 is 10.2 Å². The molecule has 2 nitrogen and oxygen atoms in total.